The van der Waals surface area contributed by atoms with Crippen LogP contribution in [0.3, 0.4) is 0 Å². The van der Waals surface area contributed by atoms with Crippen LogP contribution in [0.15, 0.2) is 24.3 Å². The molecule has 0 spiro atoms. The maximum Gasteiger partial charge on any atom is 0.302 e. The number of likely N-dealkylation sites (N-methyl/N-ethyl adjacent to an activating group) is 1. The fourth-order valence-electron chi connectivity index (χ4n) is 5.60. The van der Waals surface area contributed by atoms with Crippen molar-refractivity contribution in [3.05, 3.63) is 35.4 Å². The molecule has 0 bridgehead atoms. The Hall–Kier alpha value is -1.35. The summed E-state index contributed by atoms with van der Waals surface area (Å²) >= 11 is 0. The molecule has 29 heavy (non-hydrogen) atoms. The molecule has 0 fully saturated rings. The van der Waals surface area contributed by atoms with Crippen molar-refractivity contribution in [2.24, 2.45) is 5.92 Å². The van der Waals surface area contributed by atoms with Crippen LogP contribution in [0.4, 0.5) is 0 Å². The van der Waals surface area contributed by atoms with Gasteiger partial charge in [0.2, 0.25) is 0 Å². The lowest BCUT2D eigenvalue weighted by Crippen LogP contribution is -2.51. The van der Waals surface area contributed by atoms with Crippen molar-refractivity contribution < 1.29 is 9.53 Å². The Morgan fingerprint density at radius 1 is 1.07 bits per heavy atom. The first-order valence-corrected chi connectivity index (χ1v) is 11.9. The lowest BCUT2D eigenvalue weighted by molar-refractivity contribution is -0.148. The van der Waals surface area contributed by atoms with E-state index in [2.05, 4.69) is 57.0 Å². The molecule has 1 aliphatic rings. The number of unbranched alkanes of at least 4 members (excludes halogenated alkanes) is 2. The van der Waals surface area contributed by atoms with Crippen LogP contribution in [0.2, 0.25) is 0 Å². The lowest BCUT2D eigenvalue weighted by Gasteiger charge is -2.49. The number of hydrogen-bond acceptors (Lipinski definition) is 3. The van der Waals surface area contributed by atoms with Gasteiger partial charge in [-0.05, 0) is 49.8 Å². The van der Waals surface area contributed by atoms with Crippen LogP contribution in [0.1, 0.15) is 96.6 Å². The highest BCUT2D eigenvalue weighted by Crippen LogP contribution is 2.47. The standard InChI is InChI=1S/C26H43NO2/c1-6-9-10-16-23(13-7-2)26(18-24(14-8-3)29-21(4)28)20-27(5)19-22-15-11-12-17-25(22)26/h11-12,15,17,23-24H,6-10,13-14,16,18-20H2,1-5H3. The van der Waals surface area contributed by atoms with Gasteiger partial charge in [0.25, 0.3) is 0 Å². The van der Waals surface area contributed by atoms with Gasteiger partial charge in [0, 0.05) is 25.4 Å². The Labute approximate surface area is 179 Å². The first-order valence-electron chi connectivity index (χ1n) is 11.9. The molecule has 1 aliphatic heterocycles. The van der Waals surface area contributed by atoms with Gasteiger partial charge < -0.3 is 9.64 Å². The highest BCUT2D eigenvalue weighted by Gasteiger charge is 2.45. The second-order valence-corrected chi connectivity index (χ2v) is 9.19. The van der Waals surface area contributed by atoms with E-state index in [1.165, 1.54) is 49.7 Å². The first-order chi connectivity index (χ1) is 14.0. The summed E-state index contributed by atoms with van der Waals surface area (Å²) in [6, 6.07) is 9.04. The minimum Gasteiger partial charge on any atom is -0.463 e. The Kier molecular flexibility index (Phi) is 9.68. The molecule has 0 saturated heterocycles. The molecule has 0 amide bonds. The summed E-state index contributed by atoms with van der Waals surface area (Å²) in [6.45, 7) is 10.4. The fourth-order valence-corrected chi connectivity index (χ4v) is 5.60. The Bertz CT molecular complexity index is 629. The van der Waals surface area contributed by atoms with E-state index in [-0.39, 0.29) is 17.5 Å². The summed E-state index contributed by atoms with van der Waals surface area (Å²) in [5, 5.41) is 0. The van der Waals surface area contributed by atoms with Gasteiger partial charge in [-0.2, -0.15) is 0 Å². The molecule has 164 valence electrons. The zero-order chi connectivity index (χ0) is 21.3. The van der Waals surface area contributed by atoms with E-state index in [9.17, 15) is 4.79 Å². The summed E-state index contributed by atoms with van der Waals surface area (Å²) in [4.78, 5) is 14.3. The van der Waals surface area contributed by atoms with Crippen molar-refractivity contribution in [1.29, 1.82) is 0 Å². The summed E-state index contributed by atoms with van der Waals surface area (Å²) < 4.78 is 5.87. The summed E-state index contributed by atoms with van der Waals surface area (Å²) in [5.41, 5.74) is 3.03. The first kappa shape index (κ1) is 23.9. The van der Waals surface area contributed by atoms with Crippen molar-refractivity contribution >= 4 is 5.97 Å². The molecule has 3 nitrogen and oxygen atoms in total. The maximum absolute atomic E-state index is 11.9. The molecule has 2 rings (SSSR count). The van der Waals surface area contributed by atoms with Crippen LogP contribution in [0.25, 0.3) is 0 Å². The zero-order valence-corrected chi connectivity index (χ0v) is 19.5. The van der Waals surface area contributed by atoms with E-state index in [0.29, 0.717) is 5.92 Å². The number of carbonyl (C=O) groups is 1. The average molecular weight is 402 g/mol. The Balaban J connectivity index is 2.49. The molecule has 0 N–H and O–H groups in total. The number of fused-ring (bicyclic) bond motifs is 1. The van der Waals surface area contributed by atoms with Gasteiger partial charge >= 0.3 is 5.97 Å². The van der Waals surface area contributed by atoms with Crippen LogP contribution >= 0.6 is 0 Å². The maximum atomic E-state index is 11.9. The third kappa shape index (κ3) is 6.31. The van der Waals surface area contributed by atoms with Gasteiger partial charge in [-0.25, -0.2) is 0 Å². The van der Waals surface area contributed by atoms with Crippen LogP contribution < -0.4 is 0 Å². The van der Waals surface area contributed by atoms with Crippen molar-refractivity contribution in [3.63, 3.8) is 0 Å². The van der Waals surface area contributed by atoms with Crippen molar-refractivity contribution in [1.82, 2.24) is 4.90 Å². The number of esters is 1. The van der Waals surface area contributed by atoms with Gasteiger partial charge in [-0.3, -0.25) is 4.79 Å². The van der Waals surface area contributed by atoms with Gasteiger partial charge in [0.05, 0.1) is 0 Å². The van der Waals surface area contributed by atoms with Crippen molar-refractivity contribution in [3.8, 4) is 0 Å². The molecular formula is C26H43NO2. The summed E-state index contributed by atoms with van der Waals surface area (Å²) in [6.07, 6.45) is 10.5. The van der Waals surface area contributed by atoms with Crippen LogP contribution in [0.5, 0.6) is 0 Å². The highest BCUT2D eigenvalue weighted by molar-refractivity contribution is 5.66. The molecule has 3 heteroatoms. The van der Waals surface area contributed by atoms with Crippen molar-refractivity contribution in [2.45, 2.75) is 104 Å². The van der Waals surface area contributed by atoms with Gasteiger partial charge in [-0.15, -0.1) is 0 Å². The predicted molar refractivity (Wildman–Crippen MR) is 122 cm³/mol. The zero-order valence-electron chi connectivity index (χ0n) is 19.5. The van der Waals surface area contributed by atoms with E-state index in [4.69, 9.17) is 4.74 Å². The van der Waals surface area contributed by atoms with Crippen molar-refractivity contribution in [2.75, 3.05) is 13.6 Å². The van der Waals surface area contributed by atoms with E-state index in [0.717, 1.165) is 32.4 Å². The fraction of sp³-hybridized carbons (Fsp3) is 0.731. The molecule has 1 aromatic rings. The van der Waals surface area contributed by atoms with Gasteiger partial charge in [0.1, 0.15) is 6.10 Å². The summed E-state index contributed by atoms with van der Waals surface area (Å²) in [5.74, 6) is 0.479. The molecule has 3 atom stereocenters. The molecule has 0 radical (unpaired) electrons. The summed E-state index contributed by atoms with van der Waals surface area (Å²) in [7, 11) is 2.25. The number of nitrogens with zero attached hydrogens (tertiary/aromatic N) is 1. The largest absolute Gasteiger partial charge is 0.463 e. The Morgan fingerprint density at radius 3 is 2.45 bits per heavy atom. The van der Waals surface area contributed by atoms with Gasteiger partial charge in [0.15, 0.2) is 0 Å². The lowest BCUT2D eigenvalue weighted by atomic mass is 9.61. The second-order valence-electron chi connectivity index (χ2n) is 9.19. The normalized spacial score (nSPS) is 21.4. The van der Waals surface area contributed by atoms with E-state index >= 15 is 0 Å². The van der Waals surface area contributed by atoms with Crippen LogP contribution in [-0.2, 0) is 21.5 Å². The Morgan fingerprint density at radius 2 is 1.79 bits per heavy atom. The average Bonchev–Trinajstić information content (AvgIpc) is 2.67. The highest BCUT2D eigenvalue weighted by atomic mass is 16.5. The SMILES string of the molecule is CCCCCC(CCC)C1(CC(CCC)OC(C)=O)CN(C)Cc2ccccc21. The number of hydrogen-bond donors (Lipinski definition) is 0. The topological polar surface area (TPSA) is 29.5 Å². The molecule has 3 unspecified atom stereocenters. The van der Waals surface area contributed by atoms with Crippen LogP contribution in [0, 0.1) is 5.92 Å². The molecule has 0 aliphatic carbocycles. The number of rotatable bonds is 12. The molecule has 0 aromatic heterocycles. The molecule has 1 heterocycles. The second kappa shape index (κ2) is 11.7. The monoisotopic (exact) mass is 401 g/mol. The third-order valence-electron chi connectivity index (χ3n) is 6.66. The molecule has 0 saturated carbocycles. The van der Waals surface area contributed by atoms with E-state index in [1.54, 1.807) is 6.92 Å². The third-order valence-corrected chi connectivity index (χ3v) is 6.66. The quantitative estimate of drug-likeness (QED) is 0.296. The number of benzene rings is 1. The molecule has 1 aromatic carbocycles. The number of ether oxygens (including phenoxy) is 1. The minimum absolute atomic E-state index is 0.00240. The van der Waals surface area contributed by atoms with E-state index < -0.39 is 0 Å². The van der Waals surface area contributed by atoms with E-state index in [1.807, 2.05) is 0 Å². The number of carbonyl (C=O) groups excluding carboxylic acids is 1. The smallest absolute Gasteiger partial charge is 0.302 e. The van der Waals surface area contributed by atoms with Gasteiger partial charge in [-0.1, -0.05) is 77.1 Å². The van der Waals surface area contributed by atoms with Crippen LogP contribution in [-0.4, -0.2) is 30.6 Å². The predicted octanol–water partition coefficient (Wildman–Crippen LogP) is 6.49. The minimum atomic E-state index is -0.144. The molecular weight excluding hydrogens is 358 g/mol.